The van der Waals surface area contributed by atoms with E-state index in [-0.39, 0.29) is 6.61 Å². The maximum absolute atomic E-state index is 8.93. The summed E-state index contributed by atoms with van der Waals surface area (Å²) in [5, 5.41) is 29.1. The fraction of sp³-hybridized carbons (Fsp3) is 0.357. The standard InChI is InChI=1S/C14H17N5OS/c1-10(4-6-20)8-15-12-2-3-13-16-17-14(19(13)18-12)11-5-7-21-9-11/h2-3,5,7,9-10,20H,4,6,8H2,1H3,(H,15,18). The highest BCUT2D eigenvalue weighted by atomic mass is 32.1. The first-order valence-corrected chi connectivity index (χ1v) is 7.82. The Morgan fingerprint density at radius 1 is 1.33 bits per heavy atom. The minimum absolute atomic E-state index is 0.211. The van der Waals surface area contributed by atoms with Crippen molar-refractivity contribution in [3.05, 3.63) is 29.0 Å². The summed E-state index contributed by atoms with van der Waals surface area (Å²) in [6.07, 6.45) is 0.780. The molecular formula is C14H17N5OS. The van der Waals surface area contributed by atoms with Gasteiger partial charge in [0.2, 0.25) is 0 Å². The van der Waals surface area contributed by atoms with Gasteiger partial charge < -0.3 is 10.4 Å². The topological polar surface area (TPSA) is 75.3 Å². The maximum atomic E-state index is 8.93. The van der Waals surface area contributed by atoms with E-state index >= 15 is 0 Å². The number of thiophene rings is 1. The number of hydrogen-bond donors (Lipinski definition) is 2. The van der Waals surface area contributed by atoms with Crippen molar-refractivity contribution in [3.63, 3.8) is 0 Å². The van der Waals surface area contributed by atoms with Crippen molar-refractivity contribution in [2.75, 3.05) is 18.5 Å². The molecule has 0 aliphatic carbocycles. The third kappa shape index (κ3) is 3.03. The van der Waals surface area contributed by atoms with Crippen molar-refractivity contribution in [2.45, 2.75) is 13.3 Å². The van der Waals surface area contributed by atoms with E-state index in [9.17, 15) is 0 Å². The van der Waals surface area contributed by atoms with Crippen molar-refractivity contribution >= 4 is 22.8 Å². The van der Waals surface area contributed by atoms with Gasteiger partial charge in [0.05, 0.1) is 0 Å². The molecule has 0 fully saturated rings. The van der Waals surface area contributed by atoms with E-state index in [2.05, 4.69) is 27.5 Å². The van der Waals surface area contributed by atoms with Crippen LogP contribution in [0.1, 0.15) is 13.3 Å². The van der Waals surface area contributed by atoms with Gasteiger partial charge in [-0.3, -0.25) is 0 Å². The molecule has 6 nitrogen and oxygen atoms in total. The third-order valence-electron chi connectivity index (χ3n) is 3.30. The third-order valence-corrected chi connectivity index (χ3v) is 3.98. The number of fused-ring (bicyclic) bond motifs is 1. The summed E-state index contributed by atoms with van der Waals surface area (Å²) in [4.78, 5) is 0. The summed E-state index contributed by atoms with van der Waals surface area (Å²) >= 11 is 1.62. The Morgan fingerprint density at radius 2 is 2.24 bits per heavy atom. The Labute approximate surface area is 126 Å². The normalized spacial score (nSPS) is 12.7. The van der Waals surface area contributed by atoms with Crippen molar-refractivity contribution in [1.82, 2.24) is 19.8 Å². The van der Waals surface area contributed by atoms with E-state index in [1.807, 2.05) is 29.0 Å². The Kier molecular flexibility index (Phi) is 4.12. The zero-order valence-electron chi connectivity index (χ0n) is 11.7. The summed E-state index contributed by atoms with van der Waals surface area (Å²) in [7, 11) is 0. The van der Waals surface area contributed by atoms with Gasteiger partial charge in [0, 0.05) is 24.1 Å². The molecular weight excluding hydrogens is 286 g/mol. The van der Waals surface area contributed by atoms with Crippen LogP contribution in [0.15, 0.2) is 29.0 Å². The van der Waals surface area contributed by atoms with Crippen LogP contribution >= 0.6 is 11.3 Å². The Balaban J connectivity index is 1.84. The largest absolute Gasteiger partial charge is 0.396 e. The number of nitrogens with one attached hydrogen (secondary N) is 1. The van der Waals surface area contributed by atoms with Crippen LogP contribution in [0.5, 0.6) is 0 Å². The van der Waals surface area contributed by atoms with E-state index in [4.69, 9.17) is 5.11 Å². The van der Waals surface area contributed by atoms with E-state index in [0.717, 1.165) is 35.8 Å². The molecule has 0 bridgehead atoms. The van der Waals surface area contributed by atoms with Crippen LogP contribution in [0.3, 0.4) is 0 Å². The molecule has 0 saturated carbocycles. The average Bonchev–Trinajstić information content (AvgIpc) is 3.13. The van der Waals surface area contributed by atoms with Gasteiger partial charge in [-0.25, -0.2) is 0 Å². The van der Waals surface area contributed by atoms with Gasteiger partial charge in [0.1, 0.15) is 5.82 Å². The zero-order valence-corrected chi connectivity index (χ0v) is 12.5. The van der Waals surface area contributed by atoms with Gasteiger partial charge in [0.25, 0.3) is 0 Å². The predicted octanol–water partition coefficient (Wildman–Crippen LogP) is 2.28. The number of aliphatic hydroxyl groups is 1. The van der Waals surface area contributed by atoms with E-state index in [1.165, 1.54) is 0 Å². The summed E-state index contributed by atoms with van der Waals surface area (Å²) < 4.78 is 1.75. The van der Waals surface area contributed by atoms with Gasteiger partial charge in [-0.15, -0.1) is 15.3 Å². The van der Waals surface area contributed by atoms with Crippen LogP contribution in [0.2, 0.25) is 0 Å². The van der Waals surface area contributed by atoms with Crippen LogP contribution < -0.4 is 5.32 Å². The lowest BCUT2D eigenvalue weighted by Gasteiger charge is -2.11. The molecule has 0 aromatic carbocycles. The molecule has 110 valence electrons. The molecule has 1 atom stereocenters. The first kappa shape index (κ1) is 14.0. The molecule has 2 N–H and O–H groups in total. The monoisotopic (exact) mass is 303 g/mol. The second-order valence-electron chi connectivity index (χ2n) is 5.02. The minimum Gasteiger partial charge on any atom is -0.396 e. The number of anilines is 1. The van der Waals surface area contributed by atoms with E-state index in [1.54, 1.807) is 15.9 Å². The van der Waals surface area contributed by atoms with E-state index in [0.29, 0.717) is 5.92 Å². The molecule has 0 radical (unpaired) electrons. The van der Waals surface area contributed by atoms with Crippen molar-refractivity contribution in [1.29, 1.82) is 0 Å². The summed E-state index contributed by atoms with van der Waals surface area (Å²) in [5.41, 5.74) is 1.75. The fourth-order valence-corrected chi connectivity index (χ4v) is 2.69. The smallest absolute Gasteiger partial charge is 0.186 e. The van der Waals surface area contributed by atoms with Crippen molar-refractivity contribution in [3.8, 4) is 11.4 Å². The minimum atomic E-state index is 0.211. The van der Waals surface area contributed by atoms with Gasteiger partial charge in [-0.1, -0.05) is 6.92 Å². The molecule has 3 rings (SSSR count). The summed E-state index contributed by atoms with van der Waals surface area (Å²) in [5.74, 6) is 1.92. The van der Waals surface area contributed by atoms with Gasteiger partial charge >= 0.3 is 0 Å². The molecule has 3 heterocycles. The molecule has 3 aromatic heterocycles. The lowest BCUT2D eigenvalue weighted by molar-refractivity contribution is 0.266. The molecule has 7 heteroatoms. The number of hydrogen-bond acceptors (Lipinski definition) is 6. The average molecular weight is 303 g/mol. The number of aromatic nitrogens is 4. The van der Waals surface area contributed by atoms with Gasteiger partial charge in [0.15, 0.2) is 11.5 Å². The fourth-order valence-electron chi connectivity index (χ4n) is 2.06. The molecule has 1 unspecified atom stereocenters. The van der Waals surface area contributed by atoms with Crippen LogP contribution in [0, 0.1) is 5.92 Å². The first-order chi connectivity index (χ1) is 10.3. The SMILES string of the molecule is CC(CCO)CNc1ccc2nnc(-c3ccsc3)n2n1. The highest BCUT2D eigenvalue weighted by Gasteiger charge is 2.10. The van der Waals surface area contributed by atoms with Crippen molar-refractivity contribution < 1.29 is 5.11 Å². The quantitative estimate of drug-likeness (QED) is 0.730. The summed E-state index contributed by atoms with van der Waals surface area (Å²) in [6, 6.07) is 5.80. The van der Waals surface area contributed by atoms with Crippen LogP contribution in [0.25, 0.3) is 17.0 Å². The predicted molar refractivity (Wildman–Crippen MR) is 83.5 cm³/mol. The molecule has 0 spiro atoms. The summed E-state index contributed by atoms with van der Waals surface area (Å²) in [6.45, 7) is 3.08. The number of aliphatic hydroxyl groups excluding tert-OH is 1. The number of rotatable bonds is 6. The lowest BCUT2D eigenvalue weighted by Crippen LogP contribution is -2.14. The second-order valence-corrected chi connectivity index (χ2v) is 5.80. The Morgan fingerprint density at radius 3 is 3.00 bits per heavy atom. The van der Waals surface area contributed by atoms with Gasteiger partial charge in [-0.2, -0.15) is 15.9 Å². The molecule has 0 saturated heterocycles. The van der Waals surface area contributed by atoms with Gasteiger partial charge in [-0.05, 0) is 35.9 Å². The first-order valence-electron chi connectivity index (χ1n) is 6.87. The molecule has 0 aliphatic rings. The molecule has 0 amide bonds. The van der Waals surface area contributed by atoms with Crippen molar-refractivity contribution in [2.24, 2.45) is 5.92 Å². The number of nitrogens with zero attached hydrogens (tertiary/aromatic N) is 4. The Bertz CT molecular complexity index is 709. The molecule has 0 aliphatic heterocycles. The highest BCUT2D eigenvalue weighted by molar-refractivity contribution is 7.08. The second kappa shape index (κ2) is 6.19. The zero-order chi connectivity index (χ0) is 14.7. The maximum Gasteiger partial charge on any atom is 0.186 e. The van der Waals surface area contributed by atoms with E-state index < -0.39 is 0 Å². The van der Waals surface area contributed by atoms with Crippen LogP contribution in [-0.2, 0) is 0 Å². The van der Waals surface area contributed by atoms with Crippen LogP contribution in [0.4, 0.5) is 5.82 Å². The molecule has 3 aromatic rings. The molecule has 21 heavy (non-hydrogen) atoms. The Hall–Kier alpha value is -1.99. The van der Waals surface area contributed by atoms with Crippen LogP contribution in [-0.4, -0.2) is 38.1 Å². The lowest BCUT2D eigenvalue weighted by atomic mass is 10.1. The highest BCUT2D eigenvalue weighted by Crippen LogP contribution is 2.20.